The maximum Gasteiger partial charge on any atom is 0.246 e. The number of rotatable bonds is 8. The minimum Gasteiger partial charge on any atom is -0.490 e. The zero-order valence-corrected chi connectivity index (χ0v) is 29.3. The average molecular weight is 703 g/mol. The van der Waals surface area contributed by atoms with E-state index in [0.717, 1.165) is 53.4 Å². The lowest BCUT2D eigenvalue weighted by atomic mass is 9.94. The first-order valence-electron chi connectivity index (χ1n) is 16.5. The van der Waals surface area contributed by atoms with E-state index in [-0.39, 0.29) is 65.2 Å². The van der Waals surface area contributed by atoms with Crippen LogP contribution in [0.15, 0.2) is 48.5 Å². The summed E-state index contributed by atoms with van der Waals surface area (Å²) >= 11 is 1.09. The van der Waals surface area contributed by atoms with Gasteiger partial charge in [0.25, 0.3) is 0 Å². The Morgan fingerprint density at radius 2 is 1.86 bits per heavy atom. The number of ether oxygens (including phenoxy) is 2. The smallest absolute Gasteiger partial charge is 0.246 e. The van der Waals surface area contributed by atoms with E-state index in [2.05, 4.69) is 25.5 Å². The van der Waals surface area contributed by atoms with Crippen molar-refractivity contribution in [1.29, 1.82) is 0 Å². The Hall–Kier alpha value is -4.59. The van der Waals surface area contributed by atoms with Gasteiger partial charge in [-0.05, 0) is 51.6 Å². The van der Waals surface area contributed by atoms with Gasteiger partial charge in [-0.15, -0.1) is 11.3 Å². The highest BCUT2D eigenvalue weighted by molar-refractivity contribution is 7.18. The van der Waals surface area contributed by atoms with Gasteiger partial charge in [-0.25, -0.2) is 18.2 Å². The zero-order valence-electron chi connectivity index (χ0n) is 28.5. The van der Waals surface area contributed by atoms with Crippen molar-refractivity contribution < 1.29 is 27.4 Å². The molecule has 50 heavy (non-hydrogen) atoms. The van der Waals surface area contributed by atoms with Gasteiger partial charge in [-0.2, -0.15) is 5.10 Å². The van der Waals surface area contributed by atoms with Crippen molar-refractivity contribution >= 4 is 27.3 Å². The minimum atomic E-state index is -0.899. The van der Waals surface area contributed by atoms with Crippen LogP contribution in [-0.2, 0) is 16.0 Å². The summed E-state index contributed by atoms with van der Waals surface area (Å²) in [4.78, 5) is 26.6. The maximum absolute atomic E-state index is 16.2. The van der Waals surface area contributed by atoms with Gasteiger partial charge in [0.1, 0.15) is 41.2 Å². The van der Waals surface area contributed by atoms with E-state index >= 15 is 8.78 Å². The molecule has 0 saturated heterocycles. The van der Waals surface area contributed by atoms with Gasteiger partial charge >= 0.3 is 0 Å². The minimum absolute atomic E-state index is 0.0174. The molecule has 1 amide bonds. The number of fused-ring (bicyclic) bond motifs is 3. The third kappa shape index (κ3) is 5.66. The first-order chi connectivity index (χ1) is 24.0. The van der Waals surface area contributed by atoms with Crippen molar-refractivity contribution in [2.24, 2.45) is 0 Å². The summed E-state index contributed by atoms with van der Waals surface area (Å²) in [5.74, 6) is -2.54. The van der Waals surface area contributed by atoms with E-state index in [1.165, 1.54) is 18.6 Å². The molecule has 1 aromatic carbocycles. The van der Waals surface area contributed by atoms with Crippen LogP contribution in [0.1, 0.15) is 55.8 Å². The Labute approximate surface area is 292 Å². The van der Waals surface area contributed by atoms with Crippen LogP contribution in [0.2, 0.25) is 0 Å². The van der Waals surface area contributed by atoms with E-state index in [0.29, 0.717) is 28.2 Å². The van der Waals surface area contributed by atoms with Gasteiger partial charge in [0.15, 0.2) is 0 Å². The van der Waals surface area contributed by atoms with Crippen LogP contribution < -0.4 is 4.74 Å². The molecule has 4 aromatic heterocycles. The predicted molar refractivity (Wildman–Crippen MR) is 187 cm³/mol. The standard InChI is InChI=1S/C37H37F3N6O3S/c1-7-31(47)45-17-19(2)46-29(21(45)4)15-28(43-46)36-34(32-25(39)13-23(38)14-30(32)49-11-10-48-6)37-33(26(40)18-50-37)35(42-36)22-12-24-20(3)44(5)9-8-27(24)41-16-22/h7,12-16,18-21H,1,8-11,17H2,2-6H3/t19-,20+,21+/m0/s1. The molecule has 2 aliphatic heterocycles. The molecule has 7 rings (SSSR count). The average Bonchev–Trinajstić information content (AvgIpc) is 3.72. The summed E-state index contributed by atoms with van der Waals surface area (Å²) in [5.41, 5.74) is 4.45. The highest BCUT2D eigenvalue weighted by Gasteiger charge is 2.35. The molecule has 6 heterocycles. The topological polar surface area (TPSA) is 85.6 Å². The van der Waals surface area contributed by atoms with Crippen molar-refractivity contribution in [2.45, 2.75) is 45.3 Å². The lowest BCUT2D eigenvalue weighted by Gasteiger charge is -2.36. The second-order valence-corrected chi connectivity index (χ2v) is 13.7. The number of benzene rings is 1. The van der Waals surface area contributed by atoms with Crippen molar-refractivity contribution in [1.82, 2.24) is 29.5 Å². The molecule has 0 aliphatic carbocycles. The molecule has 3 atom stereocenters. The number of hydrogen-bond donors (Lipinski definition) is 0. The second kappa shape index (κ2) is 13.3. The van der Waals surface area contributed by atoms with E-state index in [9.17, 15) is 9.18 Å². The summed E-state index contributed by atoms with van der Waals surface area (Å²) < 4.78 is 60.2. The molecule has 0 N–H and O–H groups in total. The van der Waals surface area contributed by atoms with Crippen molar-refractivity contribution in [3.63, 3.8) is 0 Å². The number of likely N-dealkylation sites (N-methyl/N-ethyl adjacent to an activating group) is 1. The number of hydrogen-bond acceptors (Lipinski definition) is 8. The van der Waals surface area contributed by atoms with Gasteiger partial charge in [0.2, 0.25) is 5.91 Å². The quantitative estimate of drug-likeness (QED) is 0.122. The zero-order chi connectivity index (χ0) is 35.4. The van der Waals surface area contributed by atoms with Crippen LogP contribution in [0.4, 0.5) is 13.2 Å². The number of thiophene rings is 1. The Kier molecular flexibility index (Phi) is 8.99. The van der Waals surface area contributed by atoms with Gasteiger partial charge in [0.05, 0.1) is 41.0 Å². The van der Waals surface area contributed by atoms with Gasteiger partial charge in [-0.1, -0.05) is 6.58 Å². The summed E-state index contributed by atoms with van der Waals surface area (Å²) in [7, 11) is 3.55. The number of carbonyl (C=O) groups is 1. The van der Waals surface area contributed by atoms with Gasteiger partial charge < -0.3 is 14.4 Å². The van der Waals surface area contributed by atoms with Crippen LogP contribution in [0, 0.1) is 17.5 Å². The van der Waals surface area contributed by atoms with E-state index in [4.69, 9.17) is 24.5 Å². The van der Waals surface area contributed by atoms with Gasteiger partial charge in [0, 0.05) is 77.9 Å². The highest BCUT2D eigenvalue weighted by atomic mass is 32.1. The molecule has 0 bridgehead atoms. The first-order valence-corrected chi connectivity index (χ1v) is 17.3. The SMILES string of the molecule is C=CC(=O)N1C[C@H](C)n2nc(-c3nc(-c4cnc5c(c4)[C@@H](C)N(C)CC5)c4c(F)csc4c3-c3c(F)cc(F)cc3OCCOC)cc2[C@H]1C. The molecule has 0 fully saturated rings. The Balaban J connectivity index is 1.53. The monoisotopic (exact) mass is 702 g/mol. The predicted octanol–water partition coefficient (Wildman–Crippen LogP) is 7.53. The molecule has 5 aromatic rings. The fourth-order valence-electron chi connectivity index (χ4n) is 7.03. The fourth-order valence-corrected chi connectivity index (χ4v) is 8.00. The van der Waals surface area contributed by atoms with Gasteiger partial charge in [-0.3, -0.25) is 19.4 Å². The van der Waals surface area contributed by atoms with Crippen LogP contribution in [-0.4, -0.2) is 75.9 Å². The Morgan fingerprint density at radius 1 is 1.06 bits per heavy atom. The molecular weight excluding hydrogens is 666 g/mol. The lowest BCUT2D eigenvalue weighted by Crippen LogP contribution is -2.42. The van der Waals surface area contributed by atoms with Crippen molar-refractivity contribution in [3.05, 3.63) is 82.9 Å². The number of methoxy groups -OCH3 is 1. The molecule has 2 aliphatic rings. The summed E-state index contributed by atoms with van der Waals surface area (Å²) in [5, 5.41) is 6.52. The number of carbonyl (C=O) groups excluding carboxylic acids is 1. The van der Waals surface area contributed by atoms with E-state index in [1.807, 2.05) is 30.7 Å². The van der Waals surface area contributed by atoms with Crippen molar-refractivity contribution in [3.8, 4) is 39.5 Å². The van der Waals surface area contributed by atoms with E-state index in [1.54, 1.807) is 11.1 Å². The van der Waals surface area contributed by atoms with Crippen LogP contribution >= 0.6 is 11.3 Å². The molecule has 0 saturated carbocycles. The normalized spacial score (nSPS) is 19.0. The number of amides is 1. The number of pyridine rings is 2. The number of nitrogens with zero attached hydrogens (tertiary/aromatic N) is 6. The molecule has 13 heteroatoms. The maximum atomic E-state index is 16.2. The summed E-state index contributed by atoms with van der Waals surface area (Å²) in [6.07, 6.45) is 3.78. The molecule has 260 valence electrons. The Bertz CT molecular complexity index is 2150. The Morgan fingerprint density at radius 3 is 2.62 bits per heavy atom. The van der Waals surface area contributed by atoms with Crippen LogP contribution in [0.5, 0.6) is 5.75 Å². The molecule has 0 radical (unpaired) electrons. The summed E-state index contributed by atoms with van der Waals surface area (Å²) in [6, 6.07) is 5.23. The third-order valence-electron chi connectivity index (χ3n) is 9.81. The highest BCUT2D eigenvalue weighted by Crippen LogP contribution is 2.49. The van der Waals surface area contributed by atoms with Crippen LogP contribution in [0.3, 0.4) is 0 Å². The molecular formula is C37H37F3N6O3S. The number of aromatic nitrogens is 4. The third-order valence-corrected chi connectivity index (χ3v) is 10.8. The van der Waals surface area contributed by atoms with Crippen LogP contribution in [0.25, 0.3) is 43.9 Å². The first kappa shape index (κ1) is 33.9. The largest absolute Gasteiger partial charge is 0.490 e. The van der Waals surface area contributed by atoms with E-state index < -0.39 is 17.5 Å². The molecule has 9 nitrogen and oxygen atoms in total. The summed E-state index contributed by atoms with van der Waals surface area (Å²) in [6.45, 7) is 11.1. The molecule has 0 spiro atoms. The second-order valence-electron chi connectivity index (χ2n) is 12.9. The lowest BCUT2D eigenvalue weighted by molar-refractivity contribution is -0.129. The fraction of sp³-hybridized carbons (Fsp3) is 0.351. The van der Waals surface area contributed by atoms with Crippen molar-refractivity contribution in [2.75, 3.05) is 40.5 Å². The number of halogens is 3. The molecule has 0 unspecified atom stereocenters.